The number of hydrogen-bond donors (Lipinski definition) is 2. The molecule has 0 amide bonds. The minimum absolute atomic E-state index is 0. The van der Waals surface area contributed by atoms with Crippen molar-refractivity contribution in [1.82, 2.24) is 0 Å². The maximum absolute atomic E-state index is 14.8. The molecular weight excluding hydrogens is 1150 g/mol. The van der Waals surface area contributed by atoms with Gasteiger partial charge in [-0.05, 0) is 163 Å². The van der Waals surface area contributed by atoms with E-state index in [4.69, 9.17) is 40.7 Å². The van der Waals surface area contributed by atoms with Gasteiger partial charge in [-0.15, -0.1) is 12.6 Å². The van der Waals surface area contributed by atoms with Crippen LogP contribution in [-0.4, -0.2) is 66.6 Å². The highest BCUT2D eigenvalue weighted by atomic mass is 32.2. The fourth-order valence-corrected chi connectivity index (χ4v) is 11.6. The Balaban J connectivity index is 0.000000737. The molecule has 21 heteroatoms. The van der Waals surface area contributed by atoms with Gasteiger partial charge >= 0.3 is 10.6 Å². The van der Waals surface area contributed by atoms with E-state index in [1.54, 1.807) is 55.6 Å². The normalized spacial score (nSPS) is 11.6. The molecule has 0 aromatic heterocycles. The Morgan fingerprint density at radius 2 is 0.622 bits per heavy atom. The molecular formula is C61H59O16PS4. The topological polar surface area (TPSA) is 248 Å². The number of sulfone groups is 1. The molecule has 0 spiro atoms. The van der Waals surface area contributed by atoms with E-state index in [0.717, 1.165) is 50.3 Å². The first-order chi connectivity index (χ1) is 38.3. The second kappa shape index (κ2) is 29.5. The maximum Gasteiger partial charge on any atom is 0.425 e. The molecule has 0 radical (unpaired) electrons. The van der Waals surface area contributed by atoms with E-state index in [0.29, 0.717) is 53.4 Å². The van der Waals surface area contributed by atoms with Gasteiger partial charge in [0.1, 0.15) is 40.2 Å². The summed E-state index contributed by atoms with van der Waals surface area (Å²) in [6.45, 7) is 2.03. The first-order valence-electron chi connectivity index (χ1n) is 24.2. The molecule has 0 fully saturated rings. The van der Waals surface area contributed by atoms with Gasteiger partial charge in [0.2, 0.25) is 9.84 Å². The van der Waals surface area contributed by atoms with Crippen LogP contribution in [0.25, 0.3) is 0 Å². The summed E-state index contributed by atoms with van der Waals surface area (Å²) >= 11 is 0. The van der Waals surface area contributed by atoms with Crippen LogP contribution >= 0.6 is 7.14 Å². The van der Waals surface area contributed by atoms with E-state index < -0.39 is 47.8 Å². The van der Waals surface area contributed by atoms with Crippen LogP contribution in [0.2, 0.25) is 0 Å². The quantitative estimate of drug-likeness (QED) is 0.0674. The third-order valence-corrected chi connectivity index (χ3v) is 16.3. The van der Waals surface area contributed by atoms with Gasteiger partial charge in [0.15, 0.2) is 7.14 Å². The zero-order valence-electron chi connectivity index (χ0n) is 44.0. The van der Waals surface area contributed by atoms with Crippen LogP contribution in [-0.2, 0) is 58.1 Å². The Morgan fingerprint density at radius 3 is 0.902 bits per heavy atom. The summed E-state index contributed by atoms with van der Waals surface area (Å²) in [4.78, 5) is 0.327. The van der Waals surface area contributed by atoms with Gasteiger partial charge in [0.25, 0.3) is 20.2 Å². The molecule has 0 saturated heterocycles. The van der Waals surface area contributed by atoms with Gasteiger partial charge in [-0.1, -0.05) is 116 Å². The molecule has 9 rings (SSSR count). The number of rotatable bonds is 16. The number of hydrogen-bond acceptors (Lipinski definition) is 14. The molecule has 0 heterocycles. The second-order valence-corrected chi connectivity index (χ2v) is 25.9. The van der Waals surface area contributed by atoms with Crippen LogP contribution in [0, 0.1) is 6.92 Å². The first kappa shape index (κ1) is 64.6. The summed E-state index contributed by atoms with van der Waals surface area (Å²) in [5.41, 5.74) is 5.65. The van der Waals surface area contributed by atoms with E-state index in [1.807, 2.05) is 183 Å². The lowest BCUT2D eigenvalue weighted by atomic mass is 10.0. The van der Waals surface area contributed by atoms with Gasteiger partial charge in [-0.25, -0.2) is 8.42 Å². The van der Waals surface area contributed by atoms with Crippen LogP contribution in [0.1, 0.15) is 35.2 Å². The van der Waals surface area contributed by atoms with Crippen LogP contribution in [0.5, 0.6) is 40.2 Å². The highest BCUT2D eigenvalue weighted by molar-refractivity contribution is 7.91. The molecule has 1 atom stereocenters. The Labute approximate surface area is 480 Å². The molecule has 0 saturated carbocycles. The summed E-state index contributed by atoms with van der Waals surface area (Å²) in [6.07, 6.45) is 2.92. The summed E-state index contributed by atoms with van der Waals surface area (Å²) in [6, 6.07) is 69.6. The molecule has 9 aromatic rings. The van der Waals surface area contributed by atoms with Gasteiger partial charge in [0, 0.05) is 15.9 Å². The first-order valence-corrected chi connectivity index (χ1v) is 32.1. The number of methoxy groups -OCH3 is 1. The molecule has 0 bridgehead atoms. The highest BCUT2D eigenvalue weighted by Gasteiger charge is 2.29. The van der Waals surface area contributed by atoms with Gasteiger partial charge < -0.3 is 23.5 Å². The van der Waals surface area contributed by atoms with Crippen LogP contribution < -0.4 is 34.9 Å². The number of ether oxygens (including phenoxy) is 4. The molecule has 0 aliphatic rings. The standard InChI is InChI=1S/C58H47O7PS.2CH4O3S.CH4.O3S/c1-42-8-32-55(33-9-42)66(59,54-6-4-3-5-7-54)56-34-26-51(27-35-56)63-48-20-12-45(13-21-48)41-46-16-24-50(25-17-46)65-53-30-38-58(39-31-53)67(60,61)57-36-28-52(29-37-57)64-49-22-14-44(15-23-49)40-43-10-18-47(62-2)19-11-43;2*1-5(2,3)4;;1-4(2)3/h3-39H,40-41H2,1-2H3;2*1H3,(H,2,3,4);1H4;. The summed E-state index contributed by atoms with van der Waals surface area (Å²) in [7, 11) is -15.6. The van der Waals surface area contributed by atoms with Crippen LogP contribution in [0.15, 0.2) is 234 Å². The zero-order chi connectivity index (χ0) is 58.8. The number of aryl methyl sites for hydroxylation is 1. The molecule has 0 aliphatic carbocycles. The lowest BCUT2D eigenvalue weighted by Crippen LogP contribution is -2.24. The van der Waals surface area contributed by atoms with Crippen molar-refractivity contribution in [1.29, 1.82) is 0 Å². The third-order valence-electron chi connectivity index (χ3n) is 11.4. The van der Waals surface area contributed by atoms with Crippen LogP contribution in [0.4, 0.5) is 0 Å². The zero-order valence-corrected chi connectivity index (χ0v) is 48.1. The molecule has 16 nitrogen and oxygen atoms in total. The van der Waals surface area contributed by atoms with Crippen molar-refractivity contribution in [3.63, 3.8) is 0 Å². The average molecular weight is 1210 g/mol. The van der Waals surface area contributed by atoms with Crippen molar-refractivity contribution < 1.29 is 70.5 Å². The van der Waals surface area contributed by atoms with Gasteiger partial charge in [0.05, 0.1) is 29.4 Å². The lowest BCUT2D eigenvalue weighted by molar-refractivity contribution is 0.414. The summed E-state index contributed by atoms with van der Waals surface area (Å²) < 4.78 is 142. The molecule has 428 valence electrons. The third kappa shape index (κ3) is 20.7. The molecule has 1 unspecified atom stereocenters. The minimum atomic E-state index is -3.77. The van der Waals surface area contributed by atoms with E-state index >= 15 is 0 Å². The van der Waals surface area contributed by atoms with Crippen molar-refractivity contribution in [3.8, 4) is 40.2 Å². The predicted octanol–water partition coefficient (Wildman–Crippen LogP) is 11.7. The van der Waals surface area contributed by atoms with Crippen molar-refractivity contribution in [2.24, 2.45) is 0 Å². The maximum atomic E-state index is 14.8. The van der Waals surface area contributed by atoms with E-state index in [1.165, 1.54) is 5.56 Å². The van der Waals surface area contributed by atoms with Crippen LogP contribution in [0.3, 0.4) is 0 Å². The smallest absolute Gasteiger partial charge is 0.425 e. The van der Waals surface area contributed by atoms with E-state index in [2.05, 4.69) is 0 Å². The molecule has 0 aliphatic heterocycles. The monoisotopic (exact) mass is 1210 g/mol. The summed E-state index contributed by atoms with van der Waals surface area (Å²) in [5, 5.41) is 2.33. The largest absolute Gasteiger partial charge is 0.497 e. The van der Waals surface area contributed by atoms with Crippen molar-refractivity contribution in [2.75, 3.05) is 19.6 Å². The predicted molar refractivity (Wildman–Crippen MR) is 318 cm³/mol. The highest BCUT2D eigenvalue weighted by Crippen LogP contribution is 2.43. The minimum Gasteiger partial charge on any atom is -0.497 e. The van der Waals surface area contributed by atoms with Crippen molar-refractivity contribution in [3.05, 3.63) is 252 Å². The van der Waals surface area contributed by atoms with Gasteiger partial charge in [-0.3, -0.25) is 9.11 Å². The second-order valence-electron chi connectivity index (χ2n) is 17.8. The fraction of sp³-hybridized carbons (Fsp3) is 0.115. The van der Waals surface area contributed by atoms with Crippen molar-refractivity contribution in [2.45, 2.75) is 37.0 Å². The summed E-state index contributed by atoms with van der Waals surface area (Å²) in [5.74, 6) is 4.53. The van der Waals surface area contributed by atoms with E-state index in [9.17, 15) is 29.8 Å². The Bertz CT molecular complexity index is 3950. The Kier molecular flexibility index (Phi) is 23.2. The lowest BCUT2D eigenvalue weighted by Gasteiger charge is -2.20. The molecule has 82 heavy (non-hydrogen) atoms. The molecule has 9 aromatic carbocycles. The Hall–Kier alpha value is -8.20. The van der Waals surface area contributed by atoms with E-state index in [-0.39, 0.29) is 17.2 Å². The van der Waals surface area contributed by atoms with Gasteiger partial charge in [-0.2, -0.15) is 16.8 Å². The SMILES string of the molecule is C.COc1ccc(Cc2ccc(Oc3ccc(S(=O)(=O)c4ccc(Oc5ccc(Cc6ccc(Oc7ccc(P(=O)(c8ccccc8)c8ccc(C)cc8)cc7)cc6)cc5)cc4)cc3)cc2)cc1.CS(=O)(=O)O.CS(=O)(=O)O.O=S(=O)=O. The number of benzene rings is 9. The molecule has 2 N–H and O–H groups in total. The Morgan fingerprint density at radius 1 is 0.390 bits per heavy atom. The van der Waals surface area contributed by atoms with Crippen molar-refractivity contribution >= 4 is 63.7 Å². The average Bonchev–Trinajstić information content (AvgIpc) is 3.64. The fourth-order valence-electron chi connectivity index (χ4n) is 7.72.